The third-order valence-electron chi connectivity index (χ3n) is 8.61. The van der Waals surface area contributed by atoms with E-state index in [1.807, 2.05) is 41.9 Å². The van der Waals surface area contributed by atoms with Gasteiger partial charge in [-0.1, -0.05) is 25.1 Å². The number of phenols is 1. The summed E-state index contributed by atoms with van der Waals surface area (Å²) in [6, 6.07) is 15.4. The Kier molecular flexibility index (Phi) is 5.70. The third-order valence-corrected chi connectivity index (χ3v) is 8.61. The summed E-state index contributed by atoms with van der Waals surface area (Å²) >= 11 is 0. The van der Waals surface area contributed by atoms with E-state index in [1.54, 1.807) is 24.4 Å². The van der Waals surface area contributed by atoms with Gasteiger partial charge in [0.1, 0.15) is 11.6 Å². The van der Waals surface area contributed by atoms with E-state index in [4.69, 9.17) is 15.8 Å². The van der Waals surface area contributed by atoms with Crippen molar-refractivity contribution in [3.63, 3.8) is 0 Å². The Morgan fingerprint density at radius 1 is 1.21 bits per heavy atom. The number of aliphatic imine (C=N–C) groups is 1. The van der Waals surface area contributed by atoms with Gasteiger partial charge in [-0.25, -0.2) is 9.51 Å². The number of piperidine rings is 1. The summed E-state index contributed by atoms with van der Waals surface area (Å²) in [5.41, 5.74) is 13.9. The van der Waals surface area contributed by atoms with Crippen LogP contribution in [0.4, 0.5) is 11.4 Å². The number of rotatable bonds is 7. The predicted molar refractivity (Wildman–Crippen MR) is 151 cm³/mol. The van der Waals surface area contributed by atoms with Crippen LogP contribution in [0.5, 0.6) is 5.75 Å². The van der Waals surface area contributed by atoms with Gasteiger partial charge in [0.15, 0.2) is 0 Å². The highest BCUT2D eigenvalue weighted by Crippen LogP contribution is 2.52. The van der Waals surface area contributed by atoms with E-state index in [-0.39, 0.29) is 29.5 Å². The molecule has 196 valence electrons. The maximum absolute atomic E-state index is 9.92. The first-order valence-corrected chi connectivity index (χ1v) is 13.2. The van der Waals surface area contributed by atoms with Gasteiger partial charge >= 0.3 is 0 Å². The third kappa shape index (κ3) is 3.92. The fraction of sp³-hybridized carbons (Fsp3) is 0.333. The fourth-order valence-electron chi connectivity index (χ4n) is 6.01. The molecule has 8 heteroatoms. The summed E-state index contributed by atoms with van der Waals surface area (Å²) < 4.78 is 1.87. The average Bonchev–Trinajstić information content (AvgIpc) is 3.17. The van der Waals surface area contributed by atoms with Gasteiger partial charge in [-0.2, -0.15) is 5.10 Å². The molecule has 2 fully saturated rings. The number of aromatic hydroxyl groups is 1. The molecule has 6 N–H and O–H groups in total. The van der Waals surface area contributed by atoms with E-state index in [0.29, 0.717) is 5.84 Å². The first-order valence-electron chi connectivity index (χ1n) is 13.2. The zero-order valence-corrected chi connectivity index (χ0v) is 22.0. The van der Waals surface area contributed by atoms with Crippen LogP contribution in [0.1, 0.15) is 50.3 Å². The van der Waals surface area contributed by atoms with Gasteiger partial charge in [0.25, 0.3) is 0 Å². The number of hydrogen-bond donors (Lipinski definition) is 5. The van der Waals surface area contributed by atoms with Crippen LogP contribution in [-0.2, 0) is 13.0 Å². The molecule has 6 rings (SSSR count). The second kappa shape index (κ2) is 8.85. The normalized spacial score (nSPS) is 24.5. The molecule has 2 aromatic carbocycles. The van der Waals surface area contributed by atoms with E-state index in [2.05, 4.69) is 30.5 Å². The Hall–Kier alpha value is -3.88. The number of nitrogens with two attached hydrogens (primary N) is 1. The molecule has 2 aromatic heterocycles. The number of aliphatic hydroxyl groups is 1. The molecule has 1 aliphatic heterocycles. The van der Waals surface area contributed by atoms with Crippen molar-refractivity contribution in [3.05, 3.63) is 77.6 Å². The van der Waals surface area contributed by atoms with E-state index in [1.165, 1.54) is 0 Å². The van der Waals surface area contributed by atoms with E-state index in [0.717, 1.165) is 64.0 Å². The van der Waals surface area contributed by atoms with Gasteiger partial charge in [0.05, 0.1) is 40.8 Å². The number of nitrogens with zero attached hydrogens (tertiary/aromatic N) is 3. The quantitative estimate of drug-likeness (QED) is 0.141. The largest absolute Gasteiger partial charge is 0.508 e. The van der Waals surface area contributed by atoms with Crippen molar-refractivity contribution in [1.82, 2.24) is 14.9 Å². The molecule has 3 atom stereocenters. The monoisotopic (exact) mass is 510 g/mol. The van der Waals surface area contributed by atoms with Crippen LogP contribution in [0.2, 0.25) is 0 Å². The zero-order valence-electron chi connectivity index (χ0n) is 22.0. The number of benzene rings is 2. The predicted octanol–water partition coefficient (Wildman–Crippen LogP) is 4.49. The van der Waals surface area contributed by atoms with Crippen LogP contribution >= 0.6 is 0 Å². The summed E-state index contributed by atoms with van der Waals surface area (Å²) in [7, 11) is 0. The second-order valence-electron chi connectivity index (χ2n) is 10.9. The van der Waals surface area contributed by atoms with Gasteiger partial charge < -0.3 is 26.6 Å². The highest BCUT2D eigenvalue weighted by Gasteiger charge is 2.68. The minimum absolute atomic E-state index is 0.00749. The molecular weight excluding hydrogens is 476 g/mol. The second-order valence-corrected chi connectivity index (χ2v) is 10.9. The Morgan fingerprint density at radius 3 is 2.76 bits per heavy atom. The number of aliphatic hydroxyl groups excluding tert-OH is 1. The minimum Gasteiger partial charge on any atom is -0.508 e. The number of amidine groups is 1. The first-order chi connectivity index (χ1) is 18.2. The van der Waals surface area contributed by atoms with Crippen LogP contribution in [-0.4, -0.2) is 42.8 Å². The lowest BCUT2D eigenvalue weighted by Gasteiger charge is -2.23. The molecule has 3 unspecified atom stereocenters. The topological polar surface area (TPSA) is 130 Å². The molecule has 3 heterocycles. The van der Waals surface area contributed by atoms with Crippen molar-refractivity contribution in [3.8, 4) is 16.9 Å². The lowest BCUT2D eigenvalue weighted by Crippen LogP contribution is -2.36. The highest BCUT2D eigenvalue weighted by molar-refractivity contribution is 6.06. The van der Waals surface area contributed by atoms with E-state index < -0.39 is 0 Å². The number of aryl methyl sites for hydroxylation is 1. The Bertz CT molecular complexity index is 1570. The van der Waals surface area contributed by atoms with Crippen LogP contribution in [0.25, 0.3) is 16.6 Å². The van der Waals surface area contributed by atoms with Crippen molar-refractivity contribution < 1.29 is 10.2 Å². The van der Waals surface area contributed by atoms with Crippen molar-refractivity contribution in [1.29, 1.82) is 0 Å². The van der Waals surface area contributed by atoms with Gasteiger partial charge in [0.2, 0.25) is 0 Å². The van der Waals surface area contributed by atoms with Crippen LogP contribution in [0, 0.1) is 0 Å². The SMILES string of the molecule is CCc1cc(O)ccc1N=C(N)c1cnn2cc(-c3cccc(CO)c3)cc2c1NC1CCC2(C)NC12C. The zero-order chi connectivity index (χ0) is 26.7. The standard InChI is InChI=1S/C30H34N6O2/c1-4-19-13-22(38)8-9-24(19)33-28(31)23-15-32-36-16-21(20-7-5-6-18(12-20)17-37)14-25(36)27(23)34-26-10-11-29(2)30(26,3)35-29/h5-9,12-16,26,34-35,37-38H,4,10-11,17H2,1-3H3,(H2,31,33). The average molecular weight is 511 g/mol. The molecule has 0 radical (unpaired) electrons. The summed E-state index contributed by atoms with van der Waals surface area (Å²) in [6.07, 6.45) is 6.65. The van der Waals surface area contributed by atoms with Gasteiger partial charge in [-0.3, -0.25) is 0 Å². The maximum Gasteiger partial charge on any atom is 0.135 e. The van der Waals surface area contributed by atoms with Crippen molar-refractivity contribution >= 4 is 22.7 Å². The number of phenolic OH excluding ortho intramolecular Hbond substituents is 1. The summed E-state index contributed by atoms with van der Waals surface area (Å²) in [6.45, 7) is 6.58. The van der Waals surface area contributed by atoms with Gasteiger partial charge in [-0.05, 0) is 80.1 Å². The van der Waals surface area contributed by atoms with Crippen molar-refractivity contribution in [2.75, 3.05) is 5.32 Å². The molecule has 1 aliphatic carbocycles. The molecule has 38 heavy (non-hydrogen) atoms. The molecule has 2 aliphatic rings. The highest BCUT2D eigenvalue weighted by atomic mass is 16.3. The van der Waals surface area contributed by atoms with Crippen molar-refractivity contribution in [2.45, 2.75) is 63.8 Å². The molecule has 0 amide bonds. The smallest absolute Gasteiger partial charge is 0.135 e. The molecule has 8 nitrogen and oxygen atoms in total. The number of hydrogen-bond acceptors (Lipinski definition) is 6. The van der Waals surface area contributed by atoms with Gasteiger partial charge in [-0.15, -0.1) is 0 Å². The molecule has 0 bridgehead atoms. The number of fused-ring (bicyclic) bond motifs is 2. The first kappa shape index (κ1) is 24.5. The fourth-order valence-corrected chi connectivity index (χ4v) is 6.01. The van der Waals surface area contributed by atoms with Crippen LogP contribution in [0.3, 0.4) is 0 Å². The van der Waals surface area contributed by atoms with Crippen LogP contribution in [0.15, 0.2) is 65.9 Å². The lowest BCUT2D eigenvalue weighted by atomic mass is 9.97. The Balaban J connectivity index is 1.48. The number of aromatic nitrogens is 2. The lowest BCUT2D eigenvalue weighted by molar-refractivity contribution is 0.282. The Labute approximate surface area is 222 Å². The number of anilines is 1. The maximum atomic E-state index is 9.92. The molecule has 1 saturated carbocycles. The van der Waals surface area contributed by atoms with E-state index >= 15 is 0 Å². The molecule has 1 saturated heterocycles. The summed E-state index contributed by atoms with van der Waals surface area (Å²) in [4.78, 5) is 4.78. The molecular formula is C30H34N6O2. The van der Waals surface area contributed by atoms with Gasteiger partial charge in [0, 0.05) is 23.3 Å². The summed E-state index contributed by atoms with van der Waals surface area (Å²) in [5, 5.41) is 31.8. The van der Waals surface area contributed by atoms with Crippen molar-refractivity contribution in [2.24, 2.45) is 10.7 Å². The molecule has 4 aromatic rings. The van der Waals surface area contributed by atoms with E-state index in [9.17, 15) is 10.2 Å². The summed E-state index contributed by atoms with van der Waals surface area (Å²) in [5.74, 6) is 0.577. The number of nitrogens with one attached hydrogen (secondary N) is 2. The van der Waals surface area contributed by atoms with Crippen LogP contribution < -0.4 is 16.4 Å². The Morgan fingerprint density at radius 2 is 2.05 bits per heavy atom. The minimum atomic E-state index is -0.00749. The molecule has 0 spiro atoms.